The Morgan fingerprint density at radius 3 is 2.73 bits per heavy atom. The van der Waals surface area contributed by atoms with E-state index in [9.17, 15) is 4.79 Å². The summed E-state index contributed by atoms with van der Waals surface area (Å²) in [5.41, 5.74) is 5.55. The van der Waals surface area contributed by atoms with Gasteiger partial charge in [0.15, 0.2) is 0 Å². The van der Waals surface area contributed by atoms with Crippen LogP contribution >= 0.6 is 11.6 Å². The van der Waals surface area contributed by atoms with E-state index in [0.29, 0.717) is 22.9 Å². The van der Waals surface area contributed by atoms with Crippen LogP contribution in [0.1, 0.15) is 28.4 Å². The molecule has 0 unspecified atom stereocenters. The molecule has 3 rings (SSSR count). The van der Waals surface area contributed by atoms with Crippen molar-refractivity contribution in [3.63, 3.8) is 0 Å². The summed E-state index contributed by atoms with van der Waals surface area (Å²) in [6, 6.07) is 14.7. The second-order valence-corrected chi connectivity index (χ2v) is 6.08. The maximum Gasteiger partial charge on any atom is 0.271 e. The Bertz CT molecular complexity index is 969. The van der Waals surface area contributed by atoms with Crippen LogP contribution in [0.2, 0.25) is 5.15 Å². The lowest BCUT2D eigenvalue weighted by atomic mass is 10.1. The topological polar surface area (TPSA) is 63.6 Å². The molecule has 2 aromatic carbocycles. The van der Waals surface area contributed by atoms with Crippen molar-refractivity contribution in [3.8, 4) is 5.75 Å². The van der Waals surface area contributed by atoms with Gasteiger partial charge in [-0.25, -0.2) is 10.4 Å². The van der Waals surface area contributed by atoms with Gasteiger partial charge in [-0.3, -0.25) is 4.79 Å². The number of halogens is 1. The summed E-state index contributed by atoms with van der Waals surface area (Å²) in [4.78, 5) is 16.5. The molecule has 0 saturated heterocycles. The molecule has 1 aromatic heterocycles. The first-order valence-electron chi connectivity index (χ1n) is 8.20. The van der Waals surface area contributed by atoms with E-state index in [-0.39, 0.29) is 5.91 Å². The third kappa shape index (κ3) is 4.18. The van der Waals surface area contributed by atoms with Crippen molar-refractivity contribution in [3.05, 3.63) is 70.4 Å². The Morgan fingerprint density at radius 2 is 2.00 bits per heavy atom. The van der Waals surface area contributed by atoms with E-state index in [1.54, 1.807) is 24.3 Å². The molecule has 0 bridgehead atoms. The summed E-state index contributed by atoms with van der Waals surface area (Å²) in [6.07, 6.45) is 1.49. The van der Waals surface area contributed by atoms with Crippen LogP contribution in [0, 0.1) is 6.92 Å². The van der Waals surface area contributed by atoms with Gasteiger partial charge in [0.05, 0.1) is 18.3 Å². The minimum absolute atomic E-state index is 0.315. The Balaban J connectivity index is 1.71. The number of hydrogen-bond donors (Lipinski definition) is 1. The number of hydrazone groups is 1. The van der Waals surface area contributed by atoms with E-state index in [1.165, 1.54) is 6.21 Å². The molecule has 3 aromatic rings. The molecule has 0 aliphatic heterocycles. The van der Waals surface area contributed by atoms with Crippen LogP contribution in [0.4, 0.5) is 0 Å². The highest BCUT2D eigenvalue weighted by molar-refractivity contribution is 6.32. The highest BCUT2D eigenvalue weighted by atomic mass is 35.5. The van der Waals surface area contributed by atoms with Crippen molar-refractivity contribution in [2.24, 2.45) is 5.10 Å². The monoisotopic (exact) mass is 367 g/mol. The van der Waals surface area contributed by atoms with Crippen LogP contribution in [0.15, 0.2) is 53.6 Å². The number of nitrogens with one attached hydrogen (secondary N) is 1. The quantitative estimate of drug-likeness (QED) is 0.414. The lowest BCUT2D eigenvalue weighted by molar-refractivity contribution is 0.0955. The van der Waals surface area contributed by atoms with Crippen LogP contribution in [0.5, 0.6) is 5.75 Å². The van der Waals surface area contributed by atoms with Crippen molar-refractivity contribution in [1.82, 2.24) is 10.4 Å². The van der Waals surface area contributed by atoms with Crippen molar-refractivity contribution in [2.45, 2.75) is 13.8 Å². The van der Waals surface area contributed by atoms with E-state index in [0.717, 1.165) is 22.2 Å². The van der Waals surface area contributed by atoms with Gasteiger partial charge in [-0.15, -0.1) is 0 Å². The molecule has 1 heterocycles. The number of fused-ring (bicyclic) bond motifs is 1. The number of hydrogen-bond acceptors (Lipinski definition) is 4. The van der Waals surface area contributed by atoms with Gasteiger partial charge in [0.25, 0.3) is 5.91 Å². The number of benzene rings is 2. The van der Waals surface area contributed by atoms with E-state index in [1.807, 2.05) is 38.1 Å². The Hall–Kier alpha value is -2.92. The molecule has 0 saturated carbocycles. The molecule has 0 fully saturated rings. The third-order valence-electron chi connectivity index (χ3n) is 3.75. The maximum absolute atomic E-state index is 12.1. The first kappa shape index (κ1) is 17.9. The largest absolute Gasteiger partial charge is 0.494 e. The van der Waals surface area contributed by atoms with E-state index in [2.05, 4.69) is 15.5 Å². The third-order valence-corrected chi connectivity index (χ3v) is 4.05. The average Bonchev–Trinajstić information content (AvgIpc) is 2.63. The van der Waals surface area contributed by atoms with Crippen LogP contribution in [0.3, 0.4) is 0 Å². The summed E-state index contributed by atoms with van der Waals surface area (Å²) in [5, 5.41) is 5.27. The lowest BCUT2D eigenvalue weighted by Crippen LogP contribution is -2.17. The number of ether oxygens (including phenoxy) is 1. The van der Waals surface area contributed by atoms with Crippen molar-refractivity contribution < 1.29 is 9.53 Å². The zero-order valence-electron chi connectivity index (χ0n) is 14.5. The highest BCUT2D eigenvalue weighted by Gasteiger charge is 2.06. The Kier molecular flexibility index (Phi) is 5.49. The fourth-order valence-electron chi connectivity index (χ4n) is 2.45. The normalized spacial score (nSPS) is 11.0. The van der Waals surface area contributed by atoms with Gasteiger partial charge in [-0.05, 0) is 55.8 Å². The van der Waals surface area contributed by atoms with E-state index in [4.69, 9.17) is 16.3 Å². The van der Waals surface area contributed by atoms with Gasteiger partial charge >= 0.3 is 0 Å². The van der Waals surface area contributed by atoms with Gasteiger partial charge in [0, 0.05) is 16.5 Å². The minimum atomic E-state index is -0.315. The van der Waals surface area contributed by atoms with Gasteiger partial charge in [-0.1, -0.05) is 23.7 Å². The maximum atomic E-state index is 12.1. The summed E-state index contributed by atoms with van der Waals surface area (Å²) >= 11 is 6.21. The predicted molar refractivity (Wildman–Crippen MR) is 104 cm³/mol. The molecule has 1 amide bonds. The fraction of sp³-hybridized carbons (Fsp3) is 0.150. The summed E-state index contributed by atoms with van der Waals surface area (Å²) in [6.45, 7) is 4.49. The number of aromatic nitrogens is 1. The number of carbonyl (C=O) groups excluding carboxylic acids is 1. The van der Waals surface area contributed by atoms with Crippen molar-refractivity contribution in [1.29, 1.82) is 0 Å². The van der Waals surface area contributed by atoms with E-state index < -0.39 is 0 Å². The molecule has 0 radical (unpaired) electrons. The van der Waals surface area contributed by atoms with Crippen LogP contribution < -0.4 is 10.2 Å². The zero-order valence-corrected chi connectivity index (χ0v) is 15.2. The van der Waals surface area contributed by atoms with Gasteiger partial charge in [0.2, 0.25) is 0 Å². The van der Waals surface area contributed by atoms with Crippen LogP contribution in [-0.2, 0) is 0 Å². The second kappa shape index (κ2) is 7.97. The first-order valence-corrected chi connectivity index (χ1v) is 8.58. The number of pyridine rings is 1. The SMILES string of the molecule is CCOc1ccc(C(=O)N/N=C/c2cc3ccc(C)cc3nc2Cl)cc1. The van der Waals surface area contributed by atoms with Crippen molar-refractivity contribution >= 4 is 34.6 Å². The molecule has 5 nitrogen and oxygen atoms in total. The number of aryl methyl sites for hydroxylation is 1. The van der Waals surface area contributed by atoms with Gasteiger partial charge < -0.3 is 4.74 Å². The predicted octanol–water partition coefficient (Wildman–Crippen LogP) is 4.36. The van der Waals surface area contributed by atoms with Crippen LogP contribution in [-0.4, -0.2) is 23.7 Å². The smallest absolute Gasteiger partial charge is 0.271 e. The summed E-state index contributed by atoms with van der Waals surface area (Å²) < 4.78 is 5.35. The number of carbonyl (C=O) groups is 1. The average molecular weight is 368 g/mol. The molecular formula is C20H18ClN3O2. The summed E-state index contributed by atoms with van der Waals surface area (Å²) in [7, 11) is 0. The highest BCUT2D eigenvalue weighted by Crippen LogP contribution is 2.20. The molecular weight excluding hydrogens is 350 g/mol. The molecule has 0 atom stereocenters. The fourth-order valence-corrected chi connectivity index (χ4v) is 2.65. The van der Waals surface area contributed by atoms with Gasteiger partial charge in [0.1, 0.15) is 10.9 Å². The van der Waals surface area contributed by atoms with E-state index >= 15 is 0 Å². The first-order chi connectivity index (χ1) is 12.6. The second-order valence-electron chi connectivity index (χ2n) is 5.72. The molecule has 0 aliphatic carbocycles. The molecule has 132 valence electrons. The summed E-state index contributed by atoms with van der Waals surface area (Å²) in [5.74, 6) is 0.404. The number of amides is 1. The molecule has 1 N–H and O–H groups in total. The Morgan fingerprint density at radius 1 is 1.23 bits per heavy atom. The van der Waals surface area contributed by atoms with Gasteiger partial charge in [-0.2, -0.15) is 5.10 Å². The van der Waals surface area contributed by atoms with Crippen LogP contribution in [0.25, 0.3) is 10.9 Å². The zero-order chi connectivity index (χ0) is 18.5. The molecule has 0 aliphatic rings. The number of nitrogens with zero attached hydrogens (tertiary/aromatic N) is 2. The lowest BCUT2D eigenvalue weighted by Gasteiger charge is -2.05. The molecule has 26 heavy (non-hydrogen) atoms. The standard InChI is InChI=1S/C20H18ClN3O2/c1-3-26-17-8-6-14(7-9-17)20(25)24-22-12-16-11-15-5-4-13(2)10-18(15)23-19(16)21/h4-12H,3H2,1-2H3,(H,24,25)/b22-12+. The Labute approximate surface area is 156 Å². The van der Waals surface area contributed by atoms with Crippen molar-refractivity contribution in [2.75, 3.05) is 6.61 Å². The molecule has 0 spiro atoms. The minimum Gasteiger partial charge on any atom is -0.494 e. The number of rotatable bonds is 5. The molecule has 6 heteroatoms.